The van der Waals surface area contributed by atoms with E-state index in [1.54, 1.807) is 55.6 Å². The number of phenols is 1. The fourth-order valence-electron chi connectivity index (χ4n) is 1.97. The van der Waals surface area contributed by atoms with Gasteiger partial charge in [0.2, 0.25) is 5.91 Å². The first kappa shape index (κ1) is 16.9. The van der Waals surface area contributed by atoms with Crippen LogP contribution in [-0.4, -0.2) is 36.9 Å². The third kappa shape index (κ3) is 4.26. The number of nitrogens with zero attached hydrogens (tertiary/aromatic N) is 1. The summed E-state index contributed by atoms with van der Waals surface area (Å²) in [6, 6.07) is 13.4. The Kier molecular flexibility index (Phi) is 5.65. The summed E-state index contributed by atoms with van der Waals surface area (Å²) >= 11 is 1.36. The average molecular weight is 331 g/mol. The lowest BCUT2D eigenvalue weighted by Crippen LogP contribution is -2.29. The molecule has 0 aromatic heterocycles. The van der Waals surface area contributed by atoms with Crippen molar-refractivity contribution in [3.05, 3.63) is 54.1 Å². The van der Waals surface area contributed by atoms with Gasteiger partial charge in [0.25, 0.3) is 0 Å². The van der Waals surface area contributed by atoms with Crippen LogP contribution in [0.25, 0.3) is 0 Å². The minimum absolute atomic E-state index is 0.139. The Morgan fingerprint density at radius 1 is 1.13 bits per heavy atom. The van der Waals surface area contributed by atoms with Gasteiger partial charge >= 0.3 is 5.97 Å². The highest BCUT2D eigenvalue weighted by atomic mass is 32.2. The quantitative estimate of drug-likeness (QED) is 0.674. The molecule has 1 N–H and O–H groups in total. The first-order chi connectivity index (χ1) is 11.0. The number of carbonyl (C=O) groups excluding carboxylic acids is 2. The smallest absolute Gasteiger partial charge is 0.339 e. The van der Waals surface area contributed by atoms with Gasteiger partial charge in [-0.3, -0.25) is 4.79 Å². The Morgan fingerprint density at radius 3 is 2.43 bits per heavy atom. The molecular formula is C17H17NO4S. The molecule has 2 rings (SSSR count). The largest absolute Gasteiger partial charge is 0.508 e. The zero-order valence-electron chi connectivity index (χ0n) is 12.9. The molecule has 2 aromatic rings. The molecule has 0 atom stereocenters. The van der Waals surface area contributed by atoms with Crippen LogP contribution in [0.5, 0.6) is 5.75 Å². The molecule has 0 spiro atoms. The number of methoxy groups -OCH3 is 1. The van der Waals surface area contributed by atoms with Gasteiger partial charge in [0.1, 0.15) is 5.75 Å². The molecule has 0 fully saturated rings. The van der Waals surface area contributed by atoms with Crippen LogP contribution >= 0.6 is 11.8 Å². The lowest BCUT2D eigenvalue weighted by atomic mass is 10.1. The molecule has 120 valence electrons. The summed E-state index contributed by atoms with van der Waals surface area (Å²) < 4.78 is 4.74. The Hall–Kier alpha value is -2.47. The first-order valence-electron chi connectivity index (χ1n) is 6.88. The lowest BCUT2D eigenvalue weighted by molar-refractivity contribution is -0.115. The topological polar surface area (TPSA) is 66.8 Å². The van der Waals surface area contributed by atoms with Crippen molar-refractivity contribution in [3.8, 4) is 5.75 Å². The SMILES string of the molecule is COC(=O)c1ccccc1N(C)C(=O)CSc1ccc(O)cc1. The second-order valence-electron chi connectivity index (χ2n) is 4.74. The Labute approximate surface area is 138 Å². The van der Waals surface area contributed by atoms with Gasteiger partial charge in [-0.2, -0.15) is 0 Å². The number of hydrogen-bond acceptors (Lipinski definition) is 5. The van der Waals surface area contributed by atoms with Gasteiger partial charge in [-0.15, -0.1) is 11.8 Å². The third-order valence-electron chi connectivity index (χ3n) is 3.24. The zero-order chi connectivity index (χ0) is 16.8. The van der Waals surface area contributed by atoms with Crippen molar-refractivity contribution >= 4 is 29.3 Å². The number of anilines is 1. The summed E-state index contributed by atoms with van der Waals surface area (Å²) in [7, 11) is 2.93. The minimum Gasteiger partial charge on any atom is -0.508 e. The van der Waals surface area contributed by atoms with Crippen LogP contribution in [0.3, 0.4) is 0 Å². The van der Waals surface area contributed by atoms with E-state index in [-0.39, 0.29) is 17.4 Å². The van der Waals surface area contributed by atoms with E-state index in [0.717, 1.165) is 4.90 Å². The van der Waals surface area contributed by atoms with E-state index in [4.69, 9.17) is 4.74 Å². The van der Waals surface area contributed by atoms with Crippen molar-refractivity contribution < 1.29 is 19.4 Å². The van der Waals surface area contributed by atoms with Gasteiger partial charge in [0, 0.05) is 11.9 Å². The number of para-hydroxylation sites is 1. The molecule has 0 heterocycles. The van der Waals surface area contributed by atoms with Gasteiger partial charge in [0.15, 0.2) is 0 Å². The maximum absolute atomic E-state index is 12.4. The predicted octanol–water partition coefficient (Wildman–Crippen LogP) is 2.93. The van der Waals surface area contributed by atoms with Crippen LogP contribution in [0.15, 0.2) is 53.4 Å². The summed E-state index contributed by atoms with van der Waals surface area (Å²) in [4.78, 5) is 26.5. The molecule has 0 unspecified atom stereocenters. The Balaban J connectivity index is 2.08. The summed E-state index contributed by atoms with van der Waals surface area (Å²) in [6.07, 6.45) is 0. The van der Waals surface area contributed by atoms with E-state index in [2.05, 4.69) is 0 Å². The fourth-order valence-corrected chi connectivity index (χ4v) is 2.78. The van der Waals surface area contributed by atoms with E-state index in [1.807, 2.05) is 0 Å². The van der Waals surface area contributed by atoms with Crippen LogP contribution in [0, 0.1) is 0 Å². The van der Waals surface area contributed by atoms with Crippen LogP contribution in [0.2, 0.25) is 0 Å². The number of carbonyl (C=O) groups is 2. The van der Waals surface area contributed by atoms with Crippen LogP contribution < -0.4 is 4.90 Å². The van der Waals surface area contributed by atoms with Crippen molar-refractivity contribution in [3.63, 3.8) is 0 Å². The molecule has 6 heteroatoms. The molecular weight excluding hydrogens is 314 g/mol. The Morgan fingerprint density at radius 2 is 1.78 bits per heavy atom. The molecule has 0 aliphatic heterocycles. The number of aromatic hydroxyl groups is 1. The van der Waals surface area contributed by atoms with Gasteiger partial charge in [-0.1, -0.05) is 12.1 Å². The van der Waals surface area contributed by atoms with Crippen molar-refractivity contribution in [1.82, 2.24) is 0 Å². The highest BCUT2D eigenvalue weighted by Crippen LogP contribution is 2.24. The van der Waals surface area contributed by atoms with Gasteiger partial charge < -0.3 is 14.7 Å². The van der Waals surface area contributed by atoms with Gasteiger partial charge in [-0.05, 0) is 36.4 Å². The number of rotatable bonds is 5. The molecule has 0 saturated heterocycles. The third-order valence-corrected chi connectivity index (χ3v) is 4.24. The van der Waals surface area contributed by atoms with E-state index < -0.39 is 5.97 Å². The summed E-state index contributed by atoms with van der Waals surface area (Å²) in [5, 5.41) is 9.25. The molecule has 0 aliphatic rings. The molecule has 0 bridgehead atoms. The summed E-state index contributed by atoms with van der Waals surface area (Å²) in [5.74, 6) is -0.216. The minimum atomic E-state index is -0.480. The van der Waals surface area contributed by atoms with E-state index in [9.17, 15) is 14.7 Å². The van der Waals surface area contributed by atoms with Crippen LogP contribution in [0.4, 0.5) is 5.69 Å². The number of esters is 1. The second kappa shape index (κ2) is 7.69. The maximum Gasteiger partial charge on any atom is 0.339 e. The van der Waals surface area contributed by atoms with Crippen molar-refractivity contribution in [1.29, 1.82) is 0 Å². The summed E-state index contributed by atoms with van der Waals surface area (Å²) in [5.41, 5.74) is 0.858. The fraction of sp³-hybridized carbons (Fsp3) is 0.176. The number of thioether (sulfide) groups is 1. The standard InChI is InChI=1S/C17H17NO4S/c1-18(15-6-4-3-5-14(15)17(21)22-2)16(20)11-23-13-9-7-12(19)8-10-13/h3-10,19H,11H2,1-2H3. The first-order valence-corrected chi connectivity index (χ1v) is 7.87. The van der Waals surface area contributed by atoms with Crippen molar-refractivity contribution in [2.45, 2.75) is 4.90 Å². The van der Waals surface area contributed by atoms with Gasteiger partial charge in [-0.25, -0.2) is 4.79 Å². The number of hydrogen-bond donors (Lipinski definition) is 1. The number of amides is 1. The van der Waals surface area contributed by atoms with Crippen LogP contribution in [-0.2, 0) is 9.53 Å². The highest BCUT2D eigenvalue weighted by Gasteiger charge is 2.18. The lowest BCUT2D eigenvalue weighted by Gasteiger charge is -2.19. The van der Waals surface area contributed by atoms with Crippen molar-refractivity contribution in [2.75, 3.05) is 24.8 Å². The molecule has 0 aliphatic carbocycles. The molecule has 0 radical (unpaired) electrons. The molecule has 0 saturated carbocycles. The monoisotopic (exact) mass is 331 g/mol. The average Bonchev–Trinajstić information content (AvgIpc) is 2.59. The number of phenolic OH excluding ortho intramolecular Hbond substituents is 1. The van der Waals surface area contributed by atoms with E-state index in [1.165, 1.54) is 23.8 Å². The van der Waals surface area contributed by atoms with Crippen molar-refractivity contribution in [2.24, 2.45) is 0 Å². The molecule has 2 aromatic carbocycles. The van der Waals surface area contributed by atoms with E-state index in [0.29, 0.717) is 11.3 Å². The highest BCUT2D eigenvalue weighted by molar-refractivity contribution is 8.00. The molecule has 5 nitrogen and oxygen atoms in total. The second-order valence-corrected chi connectivity index (χ2v) is 5.79. The predicted molar refractivity (Wildman–Crippen MR) is 90.0 cm³/mol. The van der Waals surface area contributed by atoms with E-state index >= 15 is 0 Å². The van der Waals surface area contributed by atoms with Crippen LogP contribution in [0.1, 0.15) is 10.4 Å². The normalized spacial score (nSPS) is 10.2. The number of ether oxygens (including phenoxy) is 1. The molecule has 1 amide bonds. The number of benzene rings is 2. The maximum atomic E-state index is 12.4. The summed E-state index contributed by atoms with van der Waals surface area (Å²) in [6.45, 7) is 0. The zero-order valence-corrected chi connectivity index (χ0v) is 13.7. The Bertz CT molecular complexity index is 700. The van der Waals surface area contributed by atoms with Gasteiger partial charge in [0.05, 0.1) is 24.1 Å². The molecule has 23 heavy (non-hydrogen) atoms.